The van der Waals surface area contributed by atoms with Gasteiger partial charge in [-0.1, -0.05) is 44.4 Å². The molecule has 0 fully saturated rings. The van der Waals surface area contributed by atoms with Crippen molar-refractivity contribution in [3.8, 4) is 0 Å². The topological polar surface area (TPSA) is 41.1 Å². The molecule has 0 radical (unpaired) electrons. The van der Waals surface area contributed by atoms with E-state index >= 15 is 0 Å². The molecule has 0 saturated heterocycles. The first-order chi connectivity index (χ1) is 9.33. The van der Waals surface area contributed by atoms with Crippen LogP contribution in [0.3, 0.4) is 0 Å². The SMILES string of the molecule is CCCCCCSCCC(=O)NNc1ccccc1. The molecule has 0 aliphatic carbocycles. The van der Waals surface area contributed by atoms with Crippen LogP contribution in [0.25, 0.3) is 0 Å². The van der Waals surface area contributed by atoms with Crippen LogP contribution in [0.1, 0.15) is 39.0 Å². The van der Waals surface area contributed by atoms with Gasteiger partial charge in [0.15, 0.2) is 0 Å². The lowest BCUT2D eigenvalue weighted by Crippen LogP contribution is -2.29. The maximum Gasteiger partial charge on any atom is 0.239 e. The molecule has 1 amide bonds. The summed E-state index contributed by atoms with van der Waals surface area (Å²) in [5, 5.41) is 0. The highest BCUT2D eigenvalue weighted by molar-refractivity contribution is 7.99. The number of anilines is 1. The molecule has 19 heavy (non-hydrogen) atoms. The monoisotopic (exact) mass is 280 g/mol. The van der Waals surface area contributed by atoms with Crippen molar-refractivity contribution in [1.29, 1.82) is 0 Å². The number of amides is 1. The Morgan fingerprint density at radius 1 is 1.11 bits per heavy atom. The Morgan fingerprint density at radius 3 is 2.63 bits per heavy atom. The van der Waals surface area contributed by atoms with Gasteiger partial charge >= 0.3 is 0 Å². The van der Waals surface area contributed by atoms with Crippen molar-refractivity contribution in [2.75, 3.05) is 16.9 Å². The van der Waals surface area contributed by atoms with Crippen LogP contribution in [-0.4, -0.2) is 17.4 Å². The molecular formula is C15H24N2OS. The number of hydrazine groups is 1. The molecule has 106 valence electrons. The van der Waals surface area contributed by atoms with Crippen LogP contribution in [0.2, 0.25) is 0 Å². The number of hydrogen-bond donors (Lipinski definition) is 2. The summed E-state index contributed by atoms with van der Waals surface area (Å²) in [6.45, 7) is 2.22. The summed E-state index contributed by atoms with van der Waals surface area (Å²) >= 11 is 1.87. The average Bonchev–Trinajstić information content (AvgIpc) is 2.45. The van der Waals surface area contributed by atoms with Crippen LogP contribution < -0.4 is 10.9 Å². The quantitative estimate of drug-likeness (QED) is 0.505. The highest BCUT2D eigenvalue weighted by Crippen LogP contribution is 2.09. The molecule has 0 aliphatic heterocycles. The lowest BCUT2D eigenvalue weighted by atomic mass is 10.2. The van der Waals surface area contributed by atoms with Gasteiger partial charge in [0.1, 0.15) is 0 Å². The molecule has 0 bridgehead atoms. The first kappa shape index (κ1) is 15.9. The van der Waals surface area contributed by atoms with Gasteiger partial charge in [-0.25, -0.2) is 0 Å². The molecule has 4 heteroatoms. The van der Waals surface area contributed by atoms with Gasteiger partial charge < -0.3 is 0 Å². The Balaban J connectivity index is 1.96. The number of carbonyl (C=O) groups is 1. The number of para-hydroxylation sites is 1. The zero-order chi connectivity index (χ0) is 13.8. The summed E-state index contributed by atoms with van der Waals surface area (Å²) in [4.78, 5) is 11.6. The Hall–Kier alpha value is -1.16. The summed E-state index contributed by atoms with van der Waals surface area (Å²) < 4.78 is 0. The number of rotatable bonds is 10. The van der Waals surface area contributed by atoms with E-state index in [2.05, 4.69) is 17.8 Å². The standard InChI is InChI=1S/C15H24N2OS/c1-2-3-4-8-12-19-13-11-15(18)17-16-14-9-6-5-7-10-14/h5-7,9-10,16H,2-4,8,11-13H2,1H3,(H,17,18). The summed E-state index contributed by atoms with van der Waals surface area (Å²) in [5.74, 6) is 2.11. The van der Waals surface area contributed by atoms with Gasteiger partial charge in [-0.2, -0.15) is 11.8 Å². The second-order valence-corrected chi connectivity index (χ2v) is 5.69. The van der Waals surface area contributed by atoms with Gasteiger partial charge in [0.05, 0.1) is 5.69 Å². The molecule has 0 aliphatic rings. The van der Waals surface area contributed by atoms with Crippen molar-refractivity contribution >= 4 is 23.4 Å². The molecule has 0 aromatic heterocycles. The minimum atomic E-state index is 0.0462. The maximum atomic E-state index is 11.6. The predicted octanol–water partition coefficient (Wildman–Crippen LogP) is 3.83. The van der Waals surface area contributed by atoms with E-state index in [4.69, 9.17) is 0 Å². The van der Waals surface area contributed by atoms with E-state index in [0.29, 0.717) is 6.42 Å². The molecule has 0 atom stereocenters. The van der Waals surface area contributed by atoms with E-state index in [1.54, 1.807) is 0 Å². The molecule has 1 rings (SSSR count). The van der Waals surface area contributed by atoms with Gasteiger partial charge in [0, 0.05) is 12.2 Å². The van der Waals surface area contributed by atoms with Gasteiger partial charge in [-0.3, -0.25) is 15.6 Å². The fourth-order valence-electron chi connectivity index (χ4n) is 1.62. The fraction of sp³-hybridized carbons (Fsp3) is 0.533. The third-order valence-corrected chi connectivity index (χ3v) is 3.81. The van der Waals surface area contributed by atoms with Crippen molar-refractivity contribution in [2.45, 2.75) is 39.0 Å². The maximum absolute atomic E-state index is 11.6. The Kier molecular flexibility index (Phi) is 8.98. The van der Waals surface area contributed by atoms with Crippen LogP contribution in [0.4, 0.5) is 5.69 Å². The lowest BCUT2D eigenvalue weighted by Gasteiger charge is -2.08. The normalized spacial score (nSPS) is 10.2. The van der Waals surface area contributed by atoms with Crippen molar-refractivity contribution in [2.24, 2.45) is 0 Å². The van der Waals surface area contributed by atoms with Gasteiger partial charge in [-0.15, -0.1) is 0 Å². The van der Waals surface area contributed by atoms with Crippen molar-refractivity contribution in [3.05, 3.63) is 30.3 Å². The van der Waals surface area contributed by atoms with Crippen LogP contribution in [0.5, 0.6) is 0 Å². The third-order valence-electron chi connectivity index (χ3n) is 2.74. The van der Waals surface area contributed by atoms with Crippen LogP contribution >= 0.6 is 11.8 Å². The molecule has 0 unspecified atom stereocenters. The molecule has 1 aromatic rings. The van der Waals surface area contributed by atoms with E-state index < -0.39 is 0 Å². The zero-order valence-corrected chi connectivity index (χ0v) is 12.5. The van der Waals surface area contributed by atoms with Crippen molar-refractivity contribution in [3.63, 3.8) is 0 Å². The highest BCUT2D eigenvalue weighted by atomic mass is 32.2. The summed E-state index contributed by atoms with van der Waals surface area (Å²) in [6.07, 6.45) is 5.74. The molecule has 1 aromatic carbocycles. The van der Waals surface area contributed by atoms with E-state index in [0.717, 1.165) is 11.4 Å². The minimum absolute atomic E-state index is 0.0462. The van der Waals surface area contributed by atoms with Crippen molar-refractivity contribution < 1.29 is 4.79 Å². The van der Waals surface area contributed by atoms with Gasteiger partial charge in [0.25, 0.3) is 0 Å². The summed E-state index contributed by atoms with van der Waals surface area (Å²) in [5.41, 5.74) is 6.52. The van der Waals surface area contributed by atoms with E-state index in [1.807, 2.05) is 42.1 Å². The van der Waals surface area contributed by atoms with Crippen LogP contribution in [-0.2, 0) is 4.79 Å². The molecule has 3 nitrogen and oxygen atoms in total. The first-order valence-corrected chi connectivity index (χ1v) is 8.16. The summed E-state index contributed by atoms with van der Waals surface area (Å²) in [6, 6.07) is 9.65. The third kappa shape index (κ3) is 8.54. The second-order valence-electron chi connectivity index (χ2n) is 4.46. The highest BCUT2D eigenvalue weighted by Gasteiger charge is 2.00. The molecule has 0 saturated carbocycles. The lowest BCUT2D eigenvalue weighted by molar-refractivity contribution is -0.120. The number of benzene rings is 1. The minimum Gasteiger partial charge on any atom is -0.299 e. The Bertz CT molecular complexity index is 343. The van der Waals surface area contributed by atoms with E-state index in [1.165, 1.54) is 31.4 Å². The molecule has 2 N–H and O–H groups in total. The van der Waals surface area contributed by atoms with E-state index in [9.17, 15) is 4.79 Å². The van der Waals surface area contributed by atoms with Crippen LogP contribution in [0, 0.1) is 0 Å². The number of hydrogen-bond acceptors (Lipinski definition) is 3. The fourth-order valence-corrected chi connectivity index (χ4v) is 2.57. The predicted molar refractivity (Wildman–Crippen MR) is 84.3 cm³/mol. The van der Waals surface area contributed by atoms with Gasteiger partial charge in [-0.05, 0) is 24.3 Å². The molecule has 0 heterocycles. The largest absolute Gasteiger partial charge is 0.299 e. The van der Waals surface area contributed by atoms with Crippen LogP contribution in [0.15, 0.2) is 30.3 Å². The molecule has 0 spiro atoms. The molecular weight excluding hydrogens is 256 g/mol. The zero-order valence-electron chi connectivity index (χ0n) is 11.7. The second kappa shape index (κ2) is 10.7. The number of carbonyl (C=O) groups excluding carboxylic acids is 1. The number of thioether (sulfide) groups is 1. The number of nitrogens with one attached hydrogen (secondary N) is 2. The Morgan fingerprint density at radius 2 is 1.89 bits per heavy atom. The Labute approximate surface area is 120 Å². The number of unbranched alkanes of at least 4 members (excludes halogenated alkanes) is 3. The average molecular weight is 280 g/mol. The summed E-state index contributed by atoms with van der Waals surface area (Å²) in [7, 11) is 0. The van der Waals surface area contributed by atoms with E-state index in [-0.39, 0.29) is 5.91 Å². The smallest absolute Gasteiger partial charge is 0.239 e. The van der Waals surface area contributed by atoms with Gasteiger partial charge in [0.2, 0.25) is 5.91 Å². The first-order valence-electron chi connectivity index (χ1n) is 7.00. The van der Waals surface area contributed by atoms with Crippen molar-refractivity contribution in [1.82, 2.24) is 5.43 Å².